The Balaban J connectivity index is 1.56. The van der Waals surface area contributed by atoms with Gasteiger partial charge in [-0.1, -0.05) is 26.7 Å². The maximum Gasteiger partial charge on any atom is 0.191 e. The largest absolute Gasteiger partial charge is 0.388 e. The third-order valence-corrected chi connectivity index (χ3v) is 5.97. The van der Waals surface area contributed by atoms with Crippen LogP contribution in [0.25, 0.3) is 0 Å². The molecule has 126 valence electrons. The Morgan fingerprint density at radius 3 is 2.68 bits per heavy atom. The molecule has 3 N–H and O–H groups in total. The van der Waals surface area contributed by atoms with Gasteiger partial charge in [0.1, 0.15) is 0 Å². The second-order valence-corrected chi connectivity index (χ2v) is 7.90. The topological polar surface area (TPSA) is 65.9 Å². The van der Waals surface area contributed by atoms with E-state index >= 15 is 0 Å². The molecule has 0 aromatic carbocycles. The third kappa shape index (κ3) is 2.85. The van der Waals surface area contributed by atoms with E-state index in [2.05, 4.69) is 29.5 Å². The number of nitrogens with one attached hydrogen (secondary N) is 2. The van der Waals surface area contributed by atoms with E-state index in [4.69, 9.17) is 4.74 Å². The molecule has 2 aliphatic carbocycles. The lowest BCUT2D eigenvalue weighted by atomic mass is 9.55. The Hall–Kier alpha value is -0.810. The first-order valence-corrected chi connectivity index (χ1v) is 8.77. The van der Waals surface area contributed by atoms with Crippen molar-refractivity contribution in [2.75, 3.05) is 20.2 Å². The van der Waals surface area contributed by atoms with Crippen molar-refractivity contribution in [2.24, 2.45) is 16.3 Å². The molecule has 1 saturated heterocycles. The van der Waals surface area contributed by atoms with E-state index in [9.17, 15) is 5.11 Å². The van der Waals surface area contributed by atoms with E-state index in [1.165, 1.54) is 6.42 Å². The fourth-order valence-electron chi connectivity index (χ4n) is 4.62. The van der Waals surface area contributed by atoms with Crippen molar-refractivity contribution in [2.45, 2.75) is 70.1 Å². The van der Waals surface area contributed by atoms with E-state index in [1.54, 1.807) is 7.05 Å². The van der Waals surface area contributed by atoms with Crippen LogP contribution in [0.1, 0.15) is 52.4 Å². The lowest BCUT2D eigenvalue weighted by Gasteiger charge is -2.60. The zero-order chi connectivity index (χ0) is 15.8. The first-order valence-electron chi connectivity index (χ1n) is 8.77. The molecule has 0 radical (unpaired) electrons. The minimum Gasteiger partial charge on any atom is -0.388 e. The lowest BCUT2D eigenvalue weighted by molar-refractivity contribution is -0.188. The highest BCUT2D eigenvalue weighted by Crippen LogP contribution is 2.51. The Morgan fingerprint density at radius 2 is 2.00 bits per heavy atom. The highest BCUT2D eigenvalue weighted by molar-refractivity contribution is 5.80. The van der Waals surface area contributed by atoms with Crippen molar-refractivity contribution >= 4 is 5.96 Å². The maximum atomic E-state index is 10.5. The van der Waals surface area contributed by atoms with Gasteiger partial charge in [-0.2, -0.15) is 0 Å². The number of nitrogens with zero attached hydrogens (tertiary/aromatic N) is 1. The molecule has 5 nitrogen and oxygen atoms in total. The van der Waals surface area contributed by atoms with Crippen molar-refractivity contribution < 1.29 is 9.84 Å². The standard InChI is InChI=1S/C17H31N3O2/c1-16(2)13(12-7-6-10-22-14(12)16)20-15(18-3)19-11-17(21)8-4-5-9-17/h12-14,21H,4-11H2,1-3H3,(H2,18,19,20). The summed E-state index contributed by atoms with van der Waals surface area (Å²) >= 11 is 0. The number of ether oxygens (including phenoxy) is 1. The summed E-state index contributed by atoms with van der Waals surface area (Å²) in [5.41, 5.74) is -0.420. The lowest BCUT2D eigenvalue weighted by Crippen LogP contribution is -2.71. The van der Waals surface area contributed by atoms with Crippen LogP contribution in [-0.4, -0.2) is 49.0 Å². The second kappa shape index (κ2) is 6.00. The molecule has 2 saturated carbocycles. The quantitative estimate of drug-likeness (QED) is 0.548. The second-order valence-electron chi connectivity index (χ2n) is 7.90. The summed E-state index contributed by atoms with van der Waals surface area (Å²) in [4.78, 5) is 4.35. The van der Waals surface area contributed by atoms with Gasteiger partial charge in [0.25, 0.3) is 0 Å². The molecule has 3 rings (SSSR count). The van der Waals surface area contributed by atoms with Crippen LogP contribution in [-0.2, 0) is 4.74 Å². The molecule has 1 heterocycles. The van der Waals surface area contributed by atoms with Gasteiger partial charge in [-0.25, -0.2) is 0 Å². The van der Waals surface area contributed by atoms with E-state index in [0.717, 1.165) is 44.7 Å². The molecular weight excluding hydrogens is 278 g/mol. The van der Waals surface area contributed by atoms with Gasteiger partial charge in [0.15, 0.2) is 5.96 Å². The van der Waals surface area contributed by atoms with Crippen molar-refractivity contribution in [3.8, 4) is 0 Å². The molecule has 0 aromatic heterocycles. The summed E-state index contributed by atoms with van der Waals surface area (Å²) in [6, 6.07) is 0.391. The van der Waals surface area contributed by atoms with E-state index in [0.29, 0.717) is 24.6 Å². The number of hydrogen-bond donors (Lipinski definition) is 3. The number of aliphatic hydroxyl groups is 1. The number of rotatable bonds is 3. The van der Waals surface area contributed by atoms with Crippen LogP contribution in [0.3, 0.4) is 0 Å². The zero-order valence-electron chi connectivity index (χ0n) is 14.2. The summed E-state index contributed by atoms with van der Waals surface area (Å²) < 4.78 is 5.95. The molecular formula is C17H31N3O2. The highest BCUT2D eigenvalue weighted by atomic mass is 16.5. The molecule has 0 aromatic rings. The summed E-state index contributed by atoms with van der Waals surface area (Å²) in [6.45, 7) is 6.03. The SMILES string of the molecule is CN=C(NCC1(O)CCCC1)NC1C2CCCOC2C1(C)C. The first kappa shape index (κ1) is 16.1. The molecule has 22 heavy (non-hydrogen) atoms. The molecule has 3 aliphatic rings. The Morgan fingerprint density at radius 1 is 1.27 bits per heavy atom. The summed E-state index contributed by atoms with van der Waals surface area (Å²) in [6.07, 6.45) is 6.79. The zero-order valence-corrected chi connectivity index (χ0v) is 14.2. The third-order valence-electron chi connectivity index (χ3n) is 5.97. The minimum absolute atomic E-state index is 0.132. The van der Waals surface area contributed by atoms with Crippen LogP contribution >= 0.6 is 0 Å². The van der Waals surface area contributed by atoms with Crippen LogP contribution in [0, 0.1) is 11.3 Å². The maximum absolute atomic E-state index is 10.5. The molecule has 0 amide bonds. The Labute approximate surface area is 133 Å². The number of aliphatic imine (C=N–C) groups is 1. The number of hydrogen-bond acceptors (Lipinski definition) is 3. The summed E-state index contributed by atoms with van der Waals surface area (Å²) in [5, 5.41) is 17.4. The van der Waals surface area contributed by atoms with Crippen LogP contribution in [0.15, 0.2) is 4.99 Å². The minimum atomic E-state index is -0.552. The normalized spacial score (nSPS) is 36.4. The van der Waals surface area contributed by atoms with E-state index in [1.807, 2.05) is 0 Å². The average Bonchev–Trinajstić information content (AvgIpc) is 2.94. The highest BCUT2D eigenvalue weighted by Gasteiger charge is 2.58. The van der Waals surface area contributed by atoms with Gasteiger partial charge in [0, 0.05) is 37.6 Å². The Kier molecular flexibility index (Phi) is 4.38. The van der Waals surface area contributed by atoms with E-state index in [-0.39, 0.29) is 5.41 Å². The van der Waals surface area contributed by atoms with Crippen LogP contribution in [0.4, 0.5) is 0 Å². The fourth-order valence-corrected chi connectivity index (χ4v) is 4.62. The van der Waals surface area contributed by atoms with Gasteiger partial charge in [0.2, 0.25) is 0 Å². The predicted octanol–water partition coefficient (Wildman–Crippen LogP) is 1.66. The molecule has 0 spiro atoms. The fraction of sp³-hybridized carbons (Fsp3) is 0.941. The van der Waals surface area contributed by atoms with Crippen LogP contribution in [0.2, 0.25) is 0 Å². The molecule has 3 fully saturated rings. The Bertz CT molecular complexity index is 430. The van der Waals surface area contributed by atoms with E-state index < -0.39 is 5.60 Å². The molecule has 3 unspecified atom stereocenters. The van der Waals surface area contributed by atoms with Crippen molar-refractivity contribution in [1.29, 1.82) is 0 Å². The molecule has 3 atom stereocenters. The van der Waals surface area contributed by atoms with Gasteiger partial charge >= 0.3 is 0 Å². The van der Waals surface area contributed by atoms with Gasteiger partial charge in [-0.15, -0.1) is 0 Å². The smallest absolute Gasteiger partial charge is 0.191 e. The van der Waals surface area contributed by atoms with Crippen molar-refractivity contribution in [3.63, 3.8) is 0 Å². The summed E-state index contributed by atoms with van der Waals surface area (Å²) in [5.74, 6) is 1.39. The molecule has 0 bridgehead atoms. The predicted molar refractivity (Wildman–Crippen MR) is 87.9 cm³/mol. The van der Waals surface area contributed by atoms with Crippen LogP contribution in [0.5, 0.6) is 0 Å². The first-order chi connectivity index (χ1) is 10.5. The molecule has 5 heteroatoms. The van der Waals surface area contributed by atoms with Gasteiger partial charge in [-0.3, -0.25) is 4.99 Å². The van der Waals surface area contributed by atoms with Crippen molar-refractivity contribution in [1.82, 2.24) is 10.6 Å². The summed E-state index contributed by atoms with van der Waals surface area (Å²) in [7, 11) is 1.80. The molecule has 1 aliphatic heterocycles. The van der Waals surface area contributed by atoms with Gasteiger partial charge in [0.05, 0.1) is 11.7 Å². The van der Waals surface area contributed by atoms with Gasteiger partial charge < -0.3 is 20.5 Å². The van der Waals surface area contributed by atoms with Crippen LogP contribution < -0.4 is 10.6 Å². The number of guanidine groups is 1. The number of fused-ring (bicyclic) bond motifs is 1. The average molecular weight is 309 g/mol. The van der Waals surface area contributed by atoms with Crippen molar-refractivity contribution in [3.05, 3.63) is 0 Å². The van der Waals surface area contributed by atoms with Gasteiger partial charge in [-0.05, 0) is 25.7 Å². The monoisotopic (exact) mass is 309 g/mol.